The van der Waals surface area contributed by atoms with Gasteiger partial charge in [0.1, 0.15) is 0 Å². The summed E-state index contributed by atoms with van der Waals surface area (Å²) in [7, 11) is 0. The molecule has 0 aromatic heterocycles. The summed E-state index contributed by atoms with van der Waals surface area (Å²) in [6, 6.07) is 0. The van der Waals surface area contributed by atoms with E-state index in [0.29, 0.717) is 5.92 Å². The molecule has 0 heterocycles. The van der Waals surface area contributed by atoms with Gasteiger partial charge in [-0.05, 0) is 62.5 Å². The molecule has 0 aromatic rings. The maximum absolute atomic E-state index is 4.96. The zero-order valence-corrected chi connectivity index (χ0v) is 14.7. The third-order valence-corrected chi connectivity index (χ3v) is 6.04. The standard InChI is InChI=1S/C17H26N2S2/c1-16(15-9-5-2-3-6-10-15)11-7-4-8-12-17(16,18-13-20)19-14-21/h15H,2-12H2,1H3. The quantitative estimate of drug-likeness (QED) is 0.371. The van der Waals surface area contributed by atoms with Crippen molar-refractivity contribution in [1.29, 1.82) is 0 Å². The molecule has 0 aliphatic heterocycles. The topological polar surface area (TPSA) is 24.7 Å². The Bertz CT molecular complexity index is 424. The second kappa shape index (κ2) is 7.74. The lowest BCUT2D eigenvalue weighted by atomic mass is 9.62. The molecule has 0 aromatic carbocycles. The molecule has 0 spiro atoms. The molecule has 116 valence electrons. The van der Waals surface area contributed by atoms with Crippen LogP contribution in [-0.2, 0) is 0 Å². The van der Waals surface area contributed by atoms with Gasteiger partial charge in [0.2, 0.25) is 0 Å². The smallest absolute Gasteiger partial charge is 0.175 e. The van der Waals surface area contributed by atoms with Gasteiger partial charge in [0.25, 0.3) is 0 Å². The van der Waals surface area contributed by atoms with Crippen LogP contribution in [0.1, 0.15) is 77.6 Å². The van der Waals surface area contributed by atoms with Crippen molar-refractivity contribution in [3.05, 3.63) is 0 Å². The van der Waals surface area contributed by atoms with Gasteiger partial charge in [0, 0.05) is 5.41 Å². The van der Waals surface area contributed by atoms with Gasteiger partial charge in [-0.1, -0.05) is 45.4 Å². The zero-order valence-electron chi connectivity index (χ0n) is 13.1. The van der Waals surface area contributed by atoms with Gasteiger partial charge in [0.05, 0.1) is 10.3 Å². The Hall–Kier alpha value is -0.400. The van der Waals surface area contributed by atoms with E-state index in [1.54, 1.807) is 0 Å². The average Bonchev–Trinajstić information content (AvgIpc) is 2.82. The van der Waals surface area contributed by atoms with Crippen LogP contribution in [0.5, 0.6) is 0 Å². The van der Waals surface area contributed by atoms with E-state index in [4.69, 9.17) is 24.4 Å². The maximum Gasteiger partial charge on any atom is 0.175 e. The Morgan fingerprint density at radius 3 is 1.90 bits per heavy atom. The molecule has 0 saturated heterocycles. The molecular formula is C17H26N2S2. The first-order valence-corrected chi connectivity index (χ1v) is 9.18. The van der Waals surface area contributed by atoms with E-state index in [2.05, 4.69) is 27.2 Å². The lowest BCUT2D eigenvalue weighted by Crippen LogP contribution is -2.47. The SMILES string of the molecule is CC1(C2CCCCCC2)CCCCCC1(N=C=S)N=C=S. The Morgan fingerprint density at radius 1 is 0.810 bits per heavy atom. The largest absolute Gasteiger partial charge is 0.200 e. The molecule has 0 bridgehead atoms. The van der Waals surface area contributed by atoms with E-state index in [1.165, 1.54) is 57.8 Å². The highest BCUT2D eigenvalue weighted by molar-refractivity contribution is 7.78. The fourth-order valence-corrected chi connectivity index (χ4v) is 4.82. The molecule has 21 heavy (non-hydrogen) atoms. The number of hydrogen-bond donors (Lipinski definition) is 0. The first-order valence-electron chi connectivity index (χ1n) is 8.36. The number of isothiocyanates is 2. The molecule has 2 nitrogen and oxygen atoms in total. The van der Waals surface area contributed by atoms with Crippen molar-refractivity contribution in [1.82, 2.24) is 0 Å². The van der Waals surface area contributed by atoms with Crippen molar-refractivity contribution < 1.29 is 0 Å². The lowest BCUT2D eigenvalue weighted by molar-refractivity contribution is 0.0508. The van der Waals surface area contributed by atoms with Crippen LogP contribution in [0.25, 0.3) is 0 Å². The van der Waals surface area contributed by atoms with Crippen molar-refractivity contribution in [3.8, 4) is 0 Å². The third-order valence-electron chi connectivity index (χ3n) is 5.85. The monoisotopic (exact) mass is 322 g/mol. The van der Waals surface area contributed by atoms with Gasteiger partial charge in [0.15, 0.2) is 5.66 Å². The van der Waals surface area contributed by atoms with E-state index in [1.807, 2.05) is 0 Å². The summed E-state index contributed by atoms with van der Waals surface area (Å²) in [6.45, 7) is 2.38. The summed E-state index contributed by atoms with van der Waals surface area (Å²) in [5.41, 5.74) is -0.465. The van der Waals surface area contributed by atoms with Crippen LogP contribution in [0.15, 0.2) is 9.98 Å². The number of aliphatic imine (C=N–C) groups is 2. The van der Waals surface area contributed by atoms with Gasteiger partial charge >= 0.3 is 0 Å². The Kier molecular flexibility index (Phi) is 6.25. The van der Waals surface area contributed by atoms with Gasteiger partial charge in [-0.25, -0.2) is 9.98 Å². The van der Waals surface area contributed by atoms with Crippen molar-refractivity contribution in [2.75, 3.05) is 0 Å². The van der Waals surface area contributed by atoms with Crippen LogP contribution >= 0.6 is 24.4 Å². The highest BCUT2D eigenvalue weighted by Gasteiger charge is 2.52. The molecule has 2 saturated carbocycles. The van der Waals surface area contributed by atoms with Gasteiger partial charge in [-0.3, -0.25) is 0 Å². The zero-order chi connectivity index (χ0) is 15.2. The number of thiocarbonyl (C=S) groups is 2. The van der Waals surface area contributed by atoms with Crippen molar-refractivity contribution in [2.45, 2.75) is 83.2 Å². The fraction of sp³-hybridized carbons (Fsp3) is 0.882. The first kappa shape index (κ1) is 17.0. The number of rotatable bonds is 3. The number of nitrogens with zero attached hydrogens (tertiary/aromatic N) is 2. The predicted octanol–water partition coefficient (Wildman–Crippen LogP) is 5.83. The molecule has 0 N–H and O–H groups in total. The van der Waals surface area contributed by atoms with E-state index < -0.39 is 5.66 Å². The summed E-state index contributed by atoms with van der Waals surface area (Å²) < 4.78 is 0. The Balaban J connectivity index is 2.44. The molecule has 2 aliphatic carbocycles. The van der Waals surface area contributed by atoms with E-state index in [9.17, 15) is 0 Å². The van der Waals surface area contributed by atoms with E-state index >= 15 is 0 Å². The fourth-order valence-electron chi connectivity index (χ4n) is 4.52. The second-order valence-corrected chi connectivity index (χ2v) is 7.25. The highest BCUT2D eigenvalue weighted by atomic mass is 32.1. The minimum Gasteiger partial charge on any atom is -0.200 e. The van der Waals surface area contributed by atoms with Crippen molar-refractivity contribution >= 4 is 34.8 Å². The van der Waals surface area contributed by atoms with E-state index in [0.717, 1.165) is 12.8 Å². The van der Waals surface area contributed by atoms with Crippen LogP contribution < -0.4 is 0 Å². The average molecular weight is 323 g/mol. The van der Waals surface area contributed by atoms with Crippen LogP contribution in [0, 0.1) is 11.3 Å². The Labute approximate surface area is 139 Å². The molecule has 4 heteroatoms. The molecular weight excluding hydrogens is 296 g/mol. The third kappa shape index (κ3) is 3.51. The van der Waals surface area contributed by atoms with Crippen molar-refractivity contribution in [2.24, 2.45) is 21.3 Å². The molecule has 1 atom stereocenters. The summed E-state index contributed by atoms with van der Waals surface area (Å²) in [5.74, 6) is 0.664. The summed E-state index contributed by atoms with van der Waals surface area (Å²) in [4.78, 5) is 9.19. The minimum absolute atomic E-state index is 0.0471. The lowest BCUT2D eigenvalue weighted by Gasteiger charge is -2.46. The summed E-state index contributed by atoms with van der Waals surface area (Å²) in [6.07, 6.45) is 13.7. The first-order chi connectivity index (χ1) is 10.2. The predicted molar refractivity (Wildman–Crippen MR) is 95.2 cm³/mol. The molecule has 2 rings (SSSR count). The number of hydrogen-bond acceptors (Lipinski definition) is 4. The molecule has 1 unspecified atom stereocenters. The Morgan fingerprint density at radius 2 is 1.33 bits per heavy atom. The van der Waals surface area contributed by atoms with Gasteiger partial charge < -0.3 is 0 Å². The van der Waals surface area contributed by atoms with Crippen molar-refractivity contribution in [3.63, 3.8) is 0 Å². The normalized spacial score (nSPS) is 34.9. The second-order valence-electron chi connectivity index (χ2n) is 6.89. The molecule has 2 fully saturated rings. The molecule has 0 radical (unpaired) electrons. The molecule has 2 aliphatic rings. The maximum atomic E-state index is 4.96. The molecule has 0 amide bonds. The summed E-state index contributed by atoms with van der Waals surface area (Å²) in [5, 5.41) is 5.26. The van der Waals surface area contributed by atoms with Gasteiger partial charge in [-0.2, -0.15) is 0 Å². The van der Waals surface area contributed by atoms with Crippen LogP contribution in [0.2, 0.25) is 0 Å². The van der Waals surface area contributed by atoms with Crippen LogP contribution in [-0.4, -0.2) is 16.0 Å². The van der Waals surface area contributed by atoms with Crippen LogP contribution in [0.3, 0.4) is 0 Å². The van der Waals surface area contributed by atoms with E-state index in [-0.39, 0.29) is 5.41 Å². The summed E-state index contributed by atoms with van der Waals surface area (Å²) >= 11 is 9.91. The minimum atomic E-state index is -0.512. The van der Waals surface area contributed by atoms with Crippen LogP contribution in [0.4, 0.5) is 0 Å². The highest BCUT2D eigenvalue weighted by Crippen LogP contribution is 2.54. The van der Waals surface area contributed by atoms with Gasteiger partial charge in [-0.15, -0.1) is 0 Å².